The molecule has 0 amide bonds. The van der Waals surface area contributed by atoms with Crippen LogP contribution in [0.25, 0.3) is 11.3 Å². The zero-order valence-corrected chi connectivity index (χ0v) is 22.8. The van der Waals surface area contributed by atoms with Crippen LogP contribution in [0.4, 0.5) is 20.0 Å². The SMILES string of the molecule is Cc1ccc([N+](=C2C=CC(=C3O[B-](F)(F)OC(c4ccccc4)=C3c3ccccc3)C=C2)c2ccc(C)cc2)cc1. The van der Waals surface area contributed by atoms with E-state index < -0.39 is 7.11 Å². The molecule has 0 saturated carbocycles. The lowest BCUT2D eigenvalue weighted by molar-refractivity contribution is 0.175. The van der Waals surface area contributed by atoms with Crippen molar-refractivity contribution in [1.29, 1.82) is 0 Å². The minimum Gasteiger partial charge on any atom is -0.627 e. The zero-order chi connectivity index (χ0) is 28.4. The highest BCUT2D eigenvalue weighted by Crippen LogP contribution is 2.44. The van der Waals surface area contributed by atoms with Crippen LogP contribution >= 0.6 is 0 Å². The summed E-state index contributed by atoms with van der Waals surface area (Å²) in [5.41, 5.74) is 7.48. The van der Waals surface area contributed by atoms with Gasteiger partial charge in [-0.1, -0.05) is 96.1 Å². The van der Waals surface area contributed by atoms with E-state index in [2.05, 4.69) is 67.0 Å². The number of aryl methyl sites for hydroxylation is 2. The smallest absolute Gasteiger partial charge is 0.627 e. The normalized spacial score (nSPS) is 16.0. The van der Waals surface area contributed by atoms with Crippen LogP contribution in [0.15, 0.2) is 145 Å². The Morgan fingerprint density at radius 1 is 0.537 bits per heavy atom. The number of allylic oxidation sites excluding steroid dienone is 6. The summed E-state index contributed by atoms with van der Waals surface area (Å²) in [6, 6.07) is 34.9. The van der Waals surface area contributed by atoms with Crippen LogP contribution in [0, 0.1) is 13.8 Å². The third-order valence-electron chi connectivity index (χ3n) is 7.03. The maximum Gasteiger partial charge on any atom is 0.725 e. The van der Waals surface area contributed by atoms with E-state index in [1.54, 1.807) is 24.3 Å². The summed E-state index contributed by atoms with van der Waals surface area (Å²) < 4.78 is 42.8. The Balaban J connectivity index is 1.53. The van der Waals surface area contributed by atoms with Crippen LogP contribution < -0.4 is 4.58 Å². The number of hydrogen-bond donors (Lipinski definition) is 0. The molecule has 4 aromatic rings. The second-order valence-corrected chi connectivity index (χ2v) is 10.1. The Labute approximate surface area is 238 Å². The molecule has 0 atom stereocenters. The topological polar surface area (TPSA) is 21.5 Å². The molecule has 0 fully saturated rings. The fourth-order valence-electron chi connectivity index (χ4n) is 5.00. The standard InChI is InChI=1S/C35H28BF2NO2/c1-25-13-19-30(20-14-25)39(31-21-15-26(2)16-22-31)32-23-17-29(18-24-32)35-33(27-9-5-3-6-10-27)34(40-36(37,38)41-35)28-11-7-4-8-12-28/h3-24H,1-2H3. The molecular formula is C35H28BF2NO2. The third-order valence-corrected chi connectivity index (χ3v) is 7.03. The molecular weight excluding hydrogens is 515 g/mol. The van der Waals surface area contributed by atoms with Gasteiger partial charge in [-0.25, -0.2) is 0 Å². The van der Waals surface area contributed by atoms with Crippen LogP contribution in [0.1, 0.15) is 22.3 Å². The van der Waals surface area contributed by atoms with Gasteiger partial charge in [0, 0.05) is 47.6 Å². The van der Waals surface area contributed by atoms with Gasteiger partial charge in [-0.2, -0.15) is 4.58 Å². The van der Waals surface area contributed by atoms with Gasteiger partial charge in [-0.15, -0.1) is 0 Å². The summed E-state index contributed by atoms with van der Waals surface area (Å²) in [5.74, 6) is 0.170. The monoisotopic (exact) mass is 543 g/mol. The quantitative estimate of drug-likeness (QED) is 0.189. The van der Waals surface area contributed by atoms with Crippen molar-refractivity contribution in [3.63, 3.8) is 0 Å². The molecule has 1 aliphatic heterocycles. The summed E-state index contributed by atoms with van der Waals surface area (Å²) in [6.45, 7) is 4.11. The lowest BCUT2D eigenvalue weighted by Crippen LogP contribution is -2.35. The number of rotatable bonds is 4. The first-order valence-electron chi connectivity index (χ1n) is 13.5. The van der Waals surface area contributed by atoms with Crippen molar-refractivity contribution in [3.8, 4) is 0 Å². The van der Waals surface area contributed by atoms with Gasteiger partial charge in [0.25, 0.3) is 0 Å². The van der Waals surface area contributed by atoms with E-state index in [4.69, 9.17) is 9.31 Å². The number of hydrogen-bond acceptors (Lipinski definition) is 2. The van der Waals surface area contributed by atoms with E-state index in [0.717, 1.165) is 22.6 Å². The predicted octanol–water partition coefficient (Wildman–Crippen LogP) is 8.95. The average Bonchev–Trinajstić information content (AvgIpc) is 3.00. The number of benzene rings is 4. The third kappa shape index (κ3) is 5.55. The van der Waals surface area contributed by atoms with Gasteiger partial charge < -0.3 is 17.9 Å². The molecule has 0 N–H and O–H groups in total. The molecule has 3 nitrogen and oxygen atoms in total. The van der Waals surface area contributed by atoms with Crippen molar-refractivity contribution in [3.05, 3.63) is 167 Å². The van der Waals surface area contributed by atoms with Gasteiger partial charge in [-0.05, 0) is 31.6 Å². The molecule has 202 valence electrons. The van der Waals surface area contributed by atoms with E-state index in [1.807, 2.05) is 60.7 Å². The van der Waals surface area contributed by atoms with Gasteiger partial charge in [0.05, 0.1) is 17.1 Å². The minimum absolute atomic E-state index is 0.0788. The predicted molar refractivity (Wildman–Crippen MR) is 164 cm³/mol. The van der Waals surface area contributed by atoms with E-state index in [0.29, 0.717) is 16.7 Å². The lowest BCUT2D eigenvalue weighted by atomic mass is 9.91. The van der Waals surface area contributed by atoms with Crippen LogP contribution in [0.5, 0.6) is 0 Å². The molecule has 6 rings (SSSR count). The van der Waals surface area contributed by atoms with Gasteiger partial charge in [0.2, 0.25) is 17.1 Å². The minimum atomic E-state index is -4.59. The molecule has 0 radical (unpaired) electrons. The molecule has 6 heteroatoms. The summed E-state index contributed by atoms with van der Waals surface area (Å²) in [6.07, 6.45) is 7.50. The van der Waals surface area contributed by atoms with Gasteiger partial charge in [-0.3, -0.25) is 0 Å². The fraction of sp³-hybridized carbons (Fsp3) is 0.0571. The van der Waals surface area contributed by atoms with Gasteiger partial charge >= 0.3 is 7.11 Å². The van der Waals surface area contributed by atoms with Gasteiger partial charge in [0.15, 0.2) is 0 Å². The van der Waals surface area contributed by atoms with Crippen molar-refractivity contribution in [2.24, 2.45) is 0 Å². The molecule has 0 spiro atoms. The van der Waals surface area contributed by atoms with Crippen LogP contribution in [0.2, 0.25) is 0 Å². The van der Waals surface area contributed by atoms with Gasteiger partial charge in [0.1, 0.15) is 0 Å². The molecule has 0 unspecified atom stereocenters. The van der Waals surface area contributed by atoms with Crippen molar-refractivity contribution < 1.29 is 17.9 Å². The van der Waals surface area contributed by atoms with Crippen molar-refractivity contribution in [2.75, 3.05) is 0 Å². The first kappa shape index (κ1) is 26.3. The Bertz CT molecular complexity index is 1670. The highest BCUT2D eigenvalue weighted by molar-refractivity contribution is 6.54. The molecule has 0 saturated heterocycles. The van der Waals surface area contributed by atoms with E-state index in [-0.39, 0.29) is 11.5 Å². The fourth-order valence-corrected chi connectivity index (χ4v) is 5.00. The summed E-state index contributed by atoms with van der Waals surface area (Å²) in [4.78, 5) is 0. The maximum absolute atomic E-state index is 15.0. The molecule has 0 bridgehead atoms. The molecule has 1 aliphatic carbocycles. The maximum atomic E-state index is 15.0. The van der Waals surface area contributed by atoms with E-state index in [9.17, 15) is 0 Å². The van der Waals surface area contributed by atoms with Crippen molar-refractivity contribution >= 4 is 35.5 Å². The molecule has 4 aromatic carbocycles. The second kappa shape index (κ2) is 10.9. The number of nitrogens with zero attached hydrogens (tertiary/aromatic N) is 1. The summed E-state index contributed by atoms with van der Waals surface area (Å²) in [7, 11) is -4.59. The summed E-state index contributed by atoms with van der Waals surface area (Å²) >= 11 is 0. The molecule has 2 aliphatic rings. The second-order valence-electron chi connectivity index (χ2n) is 10.1. The first-order chi connectivity index (χ1) is 19.9. The van der Waals surface area contributed by atoms with Crippen LogP contribution in [0.3, 0.4) is 0 Å². The lowest BCUT2D eigenvalue weighted by Gasteiger charge is -2.39. The Kier molecular flexibility index (Phi) is 6.98. The number of halogens is 2. The zero-order valence-electron chi connectivity index (χ0n) is 22.8. The largest absolute Gasteiger partial charge is 0.725 e. The molecule has 0 aromatic heterocycles. The molecule has 41 heavy (non-hydrogen) atoms. The Hall–Kier alpha value is -4.97. The summed E-state index contributed by atoms with van der Waals surface area (Å²) in [5, 5.41) is 0. The van der Waals surface area contributed by atoms with E-state index in [1.165, 1.54) is 11.1 Å². The Morgan fingerprint density at radius 3 is 1.51 bits per heavy atom. The average molecular weight is 543 g/mol. The first-order valence-corrected chi connectivity index (χ1v) is 13.5. The highest BCUT2D eigenvalue weighted by Gasteiger charge is 2.42. The van der Waals surface area contributed by atoms with Crippen LogP contribution in [-0.2, 0) is 9.31 Å². The van der Waals surface area contributed by atoms with E-state index >= 15 is 8.63 Å². The molecule has 1 heterocycles. The van der Waals surface area contributed by atoms with Crippen molar-refractivity contribution in [2.45, 2.75) is 13.8 Å². The Morgan fingerprint density at radius 2 is 1.00 bits per heavy atom. The van der Waals surface area contributed by atoms with Crippen LogP contribution in [-0.4, -0.2) is 12.8 Å². The van der Waals surface area contributed by atoms with Crippen molar-refractivity contribution in [1.82, 2.24) is 4.58 Å². The highest BCUT2D eigenvalue weighted by atomic mass is 19.3.